The molecule has 2 aromatic carbocycles. The molecule has 0 aliphatic carbocycles. The number of amides is 1. The zero-order chi connectivity index (χ0) is 15.2. The minimum atomic E-state index is -0.131. The van der Waals surface area contributed by atoms with Crippen molar-refractivity contribution in [2.75, 3.05) is 13.2 Å². The van der Waals surface area contributed by atoms with Gasteiger partial charge in [-0.2, -0.15) is 0 Å². The van der Waals surface area contributed by atoms with Crippen LogP contribution >= 0.6 is 27.5 Å². The lowest BCUT2D eigenvalue weighted by molar-refractivity contribution is 0.0946. The number of carbonyl (C=O) groups excluding carboxylic acids is 1. The molecule has 0 spiro atoms. The smallest absolute Gasteiger partial charge is 0.252 e. The summed E-state index contributed by atoms with van der Waals surface area (Å²) < 4.78 is 6.32. The molecule has 0 saturated carbocycles. The van der Waals surface area contributed by atoms with Gasteiger partial charge >= 0.3 is 0 Å². The van der Waals surface area contributed by atoms with Gasteiger partial charge in [0.1, 0.15) is 12.4 Å². The third-order valence-electron chi connectivity index (χ3n) is 2.92. The van der Waals surface area contributed by atoms with E-state index in [1.807, 2.05) is 37.3 Å². The van der Waals surface area contributed by atoms with Crippen LogP contribution in [0.1, 0.15) is 15.9 Å². The van der Waals surface area contributed by atoms with Gasteiger partial charge in [0, 0.05) is 9.50 Å². The third-order valence-corrected chi connectivity index (χ3v) is 4.02. The third kappa shape index (κ3) is 4.48. The summed E-state index contributed by atoms with van der Waals surface area (Å²) >= 11 is 9.37. The summed E-state index contributed by atoms with van der Waals surface area (Å²) in [5.74, 6) is 0.564. The Labute approximate surface area is 137 Å². The second-order valence-electron chi connectivity index (χ2n) is 4.50. The second-order valence-corrected chi connectivity index (χ2v) is 5.76. The lowest BCUT2D eigenvalue weighted by Crippen LogP contribution is -2.28. The molecule has 1 N–H and O–H groups in total. The SMILES string of the molecule is Cc1ccc(OCCNC(=O)c2ccccc2Br)cc1Cl. The van der Waals surface area contributed by atoms with E-state index >= 15 is 0 Å². The van der Waals surface area contributed by atoms with Crippen LogP contribution < -0.4 is 10.1 Å². The van der Waals surface area contributed by atoms with Crippen molar-refractivity contribution in [2.45, 2.75) is 6.92 Å². The Balaban J connectivity index is 1.81. The highest BCUT2D eigenvalue weighted by Crippen LogP contribution is 2.21. The summed E-state index contributed by atoms with van der Waals surface area (Å²) in [7, 11) is 0. The monoisotopic (exact) mass is 367 g/mol. The van der Waals surface area contributed by atoms with Gasteiger partial charge in [0.15, 0.2) is 0 Å². The fraction of sp³-hybridized carbons (Fsp3) is 0.188. The number of nitrogens with one attached hydrogen (secondary N) is 1. The maximum absolute atomic E-state index is 12.0. The molecule has 0 aliphatic rings. The Hall–Kier alpha value is -1.52. The number of benzene rings is 2. The largest absolute Gasteiger partial charge is 0.492 e. The summed E-state index contributed by atoms with van der Waals surface area (Å²) in [5.41, 5.74) is 1.61. The van der Waals surface area contributed by atoms with Crippen LogP contribution in [-0.2, 0) is 0 Å². The lowest BCUT2D eigenvalue weighted by atomic mass is 10.2. The van der Waals surface area contributed by atoms with Crippen LogP contribution in [-0.4, -0.2) is 19.1 Å². The number of hydrogen-bond donors (Lipinski definition) is 1. The maximum atomic E-state index is 12.0. The Morgan fingerprint density at radius 2 is 2.05 bits per heavy atom. The molecule has 0 saturated heterocycles. The van der Waals surface area contributed by atoms with Crippen molar-refractivity contribution in [1.29, 1.82) is 0 Å². The molecule has 0 aliphatic heterocycles. The van der Waals surface area contributed by atoms with Crippen LogP contribution in [0.3, 0.4) is 0 Å². The van der Waals surface area contributed by atoms with Gasteiger partial charge < -0.3 is 10.1 Å². The number of ether oxygens (including phenoxy) is 1. The zero-order valence-electron chi connectivity index (χ0n) is 11.5. The van der Waals surface area contributed by atoms with Crippen molar-refractivity contribution in [2.24, 2.45) is 0 Å². The molecule has 110 valence electrons. The lowest BCUT2D eigenvalue weighted by Gasteiger charge is -2.09. The van der Waals surface area contributed by atoms with Crippen molar-refractivity contribution < 1.29 is 9.53 Å². The first-order valence-corrected chi connectivity index (χ1v) is 7.66. The predicted octanol–water partition coefficient (Wildman–Crippen LogP) is 4.22. The fourth-order valence-electron chi connectivity index (χ4n) is 1.74. The van der Waals surface area contributed by atoms with Crippen molar-refractivity contribution >= 4 is 33.4 Å². The number of hydrogen-bond acceptors (Lipinski definition) is 2. The van der Waals surface area contributed by atoms with E-state index < -0.39 is 0 Å². The summed E-state index contributed by atoms with van der Waals surface area (Å²) in [6.45, 7) is 2.74. The zero-order valence-corrected chi connectivity index (χ0v) is 13.9. The normalized spacial score (nSPS) is 10.2. The number of carbonyl (C=O) groups is 1. The molecule has 0 aromatic heterocycles. The molecule has 21 heavy (non-hydrogen) atoms. The van der Waals surface area contributed by atoms with Crippen molar-refractivity contribution in [3.8, 4) is 5.75 Å². The Bertz CT molecular complexity index is 646. The number of halogens is 2. The number of rotatable bonds is 5. The first-order valence-electron chi connectivity index (χ1n) is 6.49. The molecule has 1 amide bonds. The highest BCUT2D eigenvalue weighted by Gasteiger charge is 2.08. The van der Waals surface area contributed by atoms with Crippen LogP contribution in [0.15, 0.2) is 46.9 Å². The molecule has 2 rings (SSSR count). The van der Waals surface area contributed by atoms with Gasteiger partial charge in [-0.3, -0.25) is 4.79 Å². The summed E-state index contributed by atoms with van der Waals surface area (Å²) in [6.07, 6.45) is 0. The predicted molar refractivity (Wildman–Crippen MR) is 88.2 cm³/mol. The van der Waals surface area contributed by atoms with Gasteiger partial charge in [0.25, 0.3) is 5.91 Å². The molecular weight excluding hydrogens is 354 g/mol. The van der Waals surface area contributed by atoms with E-state index in [1.54, 1.807) is 12.1 Å². The fourth-order valence-corrected chi connectivity index (χ4v) is 2.37. The first-order chi connectivity index (χ1) is 10.1. The number of aryl methyl sites for hydroxylation is 1. The highest BCUT2D eigenvalue weighted by atomic mass is 79.9. The van der Waals surface area contributed by atoms with Crippen LogP contribution in [0.2, 0.25) is 5.02 Å². The van der Waals surface area contributed by atoms with Gasteiger partial charge in [-0.05, 0) is 52.7 Å². The first kappa shape index (κ1) is 15.9. The van der Waals surface area contributed by atoms with Gasteiger partial charge in [0.2, 0.25) is 0 Å². The van der Waals surface area contributed by atoms with Crippen molar-refractivity contribution in [3.63, 3.8) is 0 Å². The molecule has 3 nitrogen and oxygen atoms in total. The molecule has 2 aromatic rings. The molecular formula is C16H15BrClNO2. The minimum Gasteiger partial charge on any atom is -0.492 e. The molecule has 0 atom stereocenters. The van der Waals surface area contributed by atoms with Gasteiger partial charge in [-0.1, -0.05) is 29.8 Å². The Morgan fingerprint density at radius 3 is 2.76 bits per heavy atom. The van der Waals surface area contributed by atoms with Gasteiger partial charge in [0.05, 0.1) is 12.1 Å². The Kier molecular flexibility index (Phi) is 5.65. The quantitative estimate of drug-likeness (QED) is 0.803. The van der Waals surface area contributed by atoms with Gasteiger partial charge in [-0.15, -0.1) is 0 Å². The standard InChI is InChI=1S/C16H15BrClNO2/c1-11-6-7-12(10-15(11)18)21-9-8-19-16(20)13-4-2-3-5-14(13)17/h2-7,10H,8-9H2,1H3,(H,19,20). The topological polar surface area (TPSA) is 38.3 Å². The van der Waals surface area contributed by atoms with Crippen LogP contribution in [0.5, 0.6) is 5.75 Å². The van der Waals surface area contributed by atoms with Crippen LogP contribution in [0, 0.1) is 6.92 Å². The average molecular weight is 369 g/mol. The average Bonchev–Trinajstić information content (AvgIpc) is 2.47. The summed E-state index contributed by atoms with van der Waals surface area (Å²) in [4.78, 5) is 12.0. The van der Waals surface area contributed by atoms with Crippen LogP contribution in [0.25, 0.3) is 0 Å². The van der Waals surface area contributed by atoms with Crippen LogP contribution in [0.4, 0.5) is 0 Å². The molecule has 5 heteroatoms. The van der Waals surface area contributed by atoms with Gasteiger partial charge in [-0.25, -0.2) is 0 Å². The Morgan fingerprint density at radius 1 is 1.29 bits per heavy atom. The van der Waals surface area contributed by atoms with E-state index in [0.717, 1.165) is 10.0 Å². The summed E-state index contributed by atoms with van der Waals surface area (Å²) in [5, 5.41) is 3.48. The van der Waals surface area contributed by atoms with E-state index in [1.165, 1.54) is 0 Å². The van der Waals surface area contributed by atoms with E-state index in [9.17, 15) is 4.79 Å². The summed E-state index contributed by atoms with van der Waals surface area (Å²) in [6, 6.07) is 12.8. The second kappa shape index (κ2) is 7.48. The molecule has 0 heterocycles. The molecule has 0 fully saturated rings. The molecule has 0 radical (unpaired) electrons. The van der Waals surface area contributed by atoms with Crippen molar-refractivity contribution in [1.82, 2.24) is 5.32 Å². The molecule has 0 unspecified atom stereocenters. The molecule has 0 bridgehead atoms. The maximum Gasteiger partial charge on any atom is 0.252 e. The van der Waals surface area contributed by atoms with E-state index in [2.05, 4.69) is 21.2 Å². The van der Waals surface area contributed by atoms with E-state index in [4.69, 9.17) is 16.3 Å². The van der Waals surface area contributed by atoms with E-state index in [-0.39, 0.29) is 5.91 Å². The minimum absolute atomic E-state index is 0.131. The van der Waals surface area contributed by atoms with Crippen molar-refractivity contribution in [3.05, 3.63) is 63.1 Å². The highest BCUT2D eigenvalue weighted by molar-refractivity contribution is 9.10. The van der Waals surface area contributed by atoms with E-state index in [0.29, 0.717) is 29.5 Å².